The minimum Gasteiger partial charge on any atom is -0.384 e. The number of hydrogen-bond acceptors (Lipinski definition) is 3. The number of nitrogens with one attached hydrogen (secondary N) is 2. The van der Waals surface area contributed by atoms with Gasteiger partial charge in [-0.05, 0) is 13.8 Å². The highest BCUT2D eigenvalue weighted by Crippen LogP contribution is 1.87. The topological polar surface area (TPSA) is 58.2 Å². The maximum absolute atomic E-state index is 11.1. The van der Waals surface area contributed by atoms with Crippen molar-refractivity contribution in [3.63, 3.8) is 0 Å². The SMILES string of the molecule is C=C(NC)C(=O)N[C@@H](C)C(C)=O. The van der Waals surface area contributed by atoms with E-state index in [2.05, 4.69) is 17.2 Å². The van der Waals surface area contributed by atoms with Crippen molar-refractivity contribution in [1.82, 2.24) is 10.6 Å². The molecule has 0 aromatic heterocycles. The number of ketones is 1. The van der Waals surface area contributed by atoms with Crippen LogP contribution < -0.4 is 10.6 Å². The molecule has 68 valence electrons. The molecule has 1 amide bonds. The molecule has 1 atom stereocenters. The second-order valence-electron chi connectivity index (χ2n) is 2.53. The van der Waals surface area contributed by atoms with Gasteiger partial charge < -0.3 is 10.6 Å². The number of Topliss-reactive ketones (excluding diaryl/α,β-unsaturated/α-hetero) is 1. The van der Waals surface area contributed by atoms with Crippen LogP contribution in [-0.4, -0.2) is 24.8 Å². The van der Waals surface area contributed by atoms with Crippen LogP contribution in [0.3, 0.4) is 0 Å². The molecule has 4 heteroatoms. The summed E-state index contributed by atoms with van der Waals surface area (Å²) in [5, 5.41) is 5.07. The van der Waals surface area contributed by atoms with Gasteiger partial charge in [-0.3, -0.25) is 9.59 Å². The average Bonchev–Trinajstić information content (AvgIpc) is 2.02. The van der Waals surface area contributed by atoms with E-state index in [0.717, 1.165) is 0 Å². The third-order valence-corrected chi connectivity index (χ3v) is 1.53. The third-order valence-electron chi connectivity index (χ3n) is 1.53. The predicted octanol–water partition coefficient (Wildman–Crippen LogP) is -0.187. The summed E-state index contributed by atoms with van der Waals surface area (Å²) in [6.45, 7) is 6.50. The zero-order chi connectivity index (χ0) is 9.72. The van der Waals surface area contributed by atoms with Crippen LogP contribution in [0.15, 0.2) is 12.3 Å². The fourth-order valence-corrected chi connectivity index (χ4v) is 0.499. The first-order valence-corrected chi connectivity index (χ1v) is 3.67. The summed E-state index contributed by atoms with van der Waals surface area (Å²) in [6, 6.07) is -0.456. The van der Waals surface area contributed by atoms with Gasteiger partial charge >= 0.3 is 0 Å². The highest BCUT2D eigenvalue weighted by Gasteiger charge is 2.12. The van der Waals surface area contributed by atoms with Crippen molar-refractivity contribution < 1.29 is 9.59 Å². The van der Waals surface area contributed by atoms with Gasteiger partial charge in [0, 0.05) is 7.05 Å². The Morgan fingerprint density at radius 1 is 1.42 bits per heavy atom. The molecule has 0 aromatic carbocycles. The van der Waals surface area contributed by atoms with Crippen molar-refractivity contribution >= 4 is 11.7 Å². The van der Waals surface area contributed by atoms with Crippen LogP contribution in [0.25, 0.3) is 0 Å². The summed E-state index contributed by atoms with van der Waals surface area (Å²) in [5.74, 6) is -0.424. The Kier molecular flexibility index (Phi) is 4.04. The van der Waals surface area contributed by atoms with E-state index >= 15 is 0 Å². The molecule has 0 unspecified atom stereocenters. The molecule has 0 aliphatic rings. The Morgan fingerprint density at radius 2 is 1.92 bits per heavy atom. The van der Waals surface area contributed by atoms with E-state index in [1.54, 1.807) is 14.0 Å². The van der Waals surface area contributed by atoms with E-state index < -0.39 is 6.04 Å². The van der Waals surface area contributed by atoms with E-state index in [4.69, 9.17) is 0 Å². The standard InChI is InChI=1S/C8H14N2O2/c1-5(7(3)11)10-8(12)6(2)9-4/h5,9H,2H2,1,3-4H3,(H,10,12)/t5-/m0/s1. The molecular weight excluding hydrogens is 156 g/mol. The molecular formula is C8H14N2O2. The molecule has 0 fully saturated rings. The lowest BCUT2D eigenvalue weighted by atomic mass is 10.2. The van der Waals surface area contributed by atoms with Gasteiger partial charge in [0.05, 0.1) is 11.7 Å². The van der Waals surface area contributed by atoms with E-state index in [0.29, 0.717) is 0 Å². The van der Waals surface area contributed by atoms with Crippen LogP contribution in [-0.2, 0) is 9.59 Å². The fraction of sp³-hybridized carbons (Fsp3) is 0.500. The second kappa shape index (κ2) is 4.54. The van der Waals surface area contributed by atoms with Crippen LogP contribution in [0.5, 0.6) is 0 Å². The molecule has 0 aromatic rings. The average molecular weight is 170 g/mol. The lowest BCUT2D eigenvalue weighted by Crippen LogP contribution is -2.39. The van der Waals surface area contributed by atoms with Crippen LogP contribution in [0.1, 0.15) is 13.8 Å². The highest BCUT2D eigenvalue weighted by molar-refractivity contribution is 5.95. The quantitative estimate of drug-likeness (QED) is 0.575. The fourth-order valence-electron chi connectivity index (χ4n) is 0.499. The summed E-state index contributed by atoms with van der Waals surface area (Å²) >= 11 is 0. The van der Waals surface area contributed by atoms with Crippen LogP contribution >= 0.6 is 0 Å². The zero-order valence-electron chi connectivity index (χ0n) is 7.60. The minimum absolute atomic E-state index is 0.0766. The summed E-state index contributed by atoms with van der Waals surface area (Å²) in [7, 11) is 1.60. The first kappa shape index (κ1) is 10.7. The minimum atomic E-state index is -0.456. The zero-order valence-corrected chi connectivity index (χ0v) is 7.60. The van der Waals surface area contributed by atoms with Crippen molar-refractivity contribution in [2.24, 2.45) is 0 Å². The Hall–Kier alpha value is -1.32. The number of rotatable bonds is 4. The Bertz CT molecular complexity index is 211. The lowest BCUT2D eigenvalue weighted by molar-refractivity contribution is -0.124. The van der Waals surface area contributed by atoms with Gasteiger partial charge in [-0.1, -0.05) is 6.58 Å². The normalized spacial score (nSPS) is 11.6. The number of amides is 1. The van der Waals surface area contributed by atoms with Crippen molar-refractivity contribution in [1.29, 1.82) is 0 Å². The van der Waals surface area contributed by atoms with Gasteiger partial charge in [-0.15, -0.1) is 0 Å². The molecule has 0 spiro atoms. The number of carbonyl (C=O) groups excluding carboxylic acids is 2. The molecule has 0 radical (unpaired) electrons. The lowest BCUT2D eigenvalue weighted by Gasteiger charge is -2.11. The van der Waals surface area contributed by atoms with Gasteiger partial charge in [0.25, 0.3) is 5.91 Å². The third kappa shape index (κ3) is 3.18. The molecule has 0 heterocycles. The van der Waals surface area contributed by atoms with E-state index in [9.17, 15) is 9.59 Å². The van der Waals surface area contributed by atoms with Crippen molar-refractivity contribution in [3.05, 3.63) is 12.3 Å². The molecule has 2 N–H and O–H groups in total. The molecule has 12 heavy (non-hydrogen) atoms. The number of likely N-dealkylation sites (N-methyl/N-ethyl adjacent to an activating group) is 1. The highest BCUT2D eigenvalue weighted by atomic mass is 16.2. The maximum atomic E-state index is 11.1. The molecule has 0 saturated heterocycles. The Morgan fingerprint density at radius 3 is 2.25 bits per heavy atom. The van der Waals surface area contributed by atoms with Gasteiger partial charge in [0.1, 0.15) is 0 Å². The molecule has 4 nitrogen and oxygen atoms in total. The monoisotopic (exact) mass is 170 g/mol. The van der Waals surface area contributed by atoms with E-state index in [1.165, 1.54) is 6.92 Å². The molecule has 0 aliphatic heterocycles. The van der Waals surface area contributed by atoms with Gasteiger partial charge in [-0.2, -0.15) is 0 Å². The van der Waals surface area contributed by atoms with E-state index in [-0.39, 0.29) is 17.4 Å². The van der Waals surface area contributed by atoms with E-state index in [1.807, 2.05) is 0 Å². The molecule has 0 saturated carbocycles. The van der Waals surface area contributed by atoms with Crippen LogP contribution in [0, 0.1) is 0 Å². The Labute approximate surface area is 72.0 Å². The smallest absolute Gasteiger partial charge is 0.267 e. The van der Waals surface area contributed by atoms with Gasteiger partial charge in [0.2, 0.25) is 0 Å². The summed E-state index contributed by atoms with van der Waals surface area (Å²) in [6.07, 6.45) is 0. The second-order valence-corrected chi connectivity index (χ2v) is 2.53. The maximum Gasteiger partial charge on any atom is 0.267 e. The summed E-state index contributed by atoms with van der Waals surface area (Å²) in [4.78, 5) is 21.8. The summed E-state index contributed by atoms with van der Waals surface area (Å²) in [5.41, 5.74) is 0.253. The Balaban J connectivity index is 4.01. The largest absolute Gasteiger partial charge is 0.384 e. The van der Waals surface area contributed by atoms with Gasteiger partial charge in [0.15, 0.2) is 5.78 Å². The van der Waals surface area contributed by atoms with Crippen molar-refractivity contribution in [2.75, 3.05) is 7.05 Å². The van der Waals surface area contributed by atoms with Crippen molar-refractivity contribution in [2.45, 2.75) is 19.9 Å². The van der Waals surface area contributed by atoms with Crippen LogP contribution in [0.4, 0.5) is 0 Å². The van der Waals surface area contributed by atoms with Gasteiger partial charge in [-0.25, -0.2) is 0 Å². The predicted molar refractivity (Wildman–Crippen MR) is 46.5 cm³/mol. The molecule has 0 bridgehead atoms. The number of hydrogen-bond donors (Lipinski definition) is 2. The first-order chi connectivity index (χ1) is 5.49. The summed E-state index contributed by atoms with van der Waals surface area (Å²) < 4.78 is 0. The molecule has 0 rings (SSSR count). The van der Waals surface area contributed by atoms with Crippen LogP contribution in [0.2, 0.25) is 0 Å². The molecule has 0 aliphatic carbocycles. The number of carbonyl (C=O) groups is 2. The van der Waals surface area contributed by atoms with Crippen molar-refractivity contribution in [3.8, 4) is 0 Å². The first-order valence-electron chi connectivity index (χ1n) is 3.67.